The molecule has 2 aliphatic rings. The predicted octanol–water partition coefficient (Wildman–Crippen LogP) is 3.58. The van der Waals surface area contributed by atoms with Crippen molar-refractivity contribution in [2.75, 3.05) is 0 Å². The Balaban J connectivity index is 1.47. The SMILES string of the molecule is Cc1cc(C#CC2CC2)ccc1-c1cn(C[C@H]2CC(C)(C)O2)nn1. The van der Waals surface area contributed by atoms with Crippen LogP contribution in [-0.4, -0.2) is 26.7 Å². The Hall–Kier alpha value is -2.12. The van der Waals surface area contributed by atoms with E-state index in [1.54, 1.807) is 0 Å². The van der Waals surface area contributed by atoms with Gasteiger partial charge in [0.2, 0.25) is 0 Å². The second kappa shape index (κ2) is 5.75. The third-order valence-corrected chi connectivity index (χ3v) is 4.63. The van der Waals surface area contributed by atoms with E-state index in [-0.39, 0.29) is 11.7 Å². The molecular formula is C20H23N3O. The number of rotatable bonds is 3. The van der Waals surface area contributed by atoms with Gasteiger partial charge in [-0.1, -0.05) is 23.1 Å². The van der Waals surface area contributed by atoms with Gasteiger partial charge in [0.1, 0.15) is 5.69 Å². The molecule has 4 nitrogen and oxygen atoms in total. The molecule has 2 aromatic rings. The molecule has 4 rings (SSSR count). The highest BCUT2D eigenvalue weighted by molar-refractivity contribution is 5.64. The van der Waals surface area contributed by atoms with Crippen molar-refractivity contribution < 1.29 is 4.74 Å². The molecule has 0 unspecified atom stereocenters. The predicted molar refractivity (Wildman–Crippen MR) is 93.4 cm³/mol. The van der Waals surface area contributed by atoms with E-state index < -0.39 is 0 Å². The van der Waals surface area contributed by atoms with Gasteiger partial charge in [-0.15, -0.1) is 5.10 Å². The number of benzene rings is 1. The van der Waals surface area contributed by atoms with Gasteiger partial charge in [-0.25, -0.2) is 4.68 Å². The van der Waals surface area contributed by atoms with Crippen molar-refractivity contribution in [3.05, 3.63) is 35.5 Å². The van der Waals surface area contributed by atoms with Gasteiger partial charge in [0.05, 0.1) is 24.4 Å². The number of hydrogen-bond donors (Lipinski definition) is 0. The molecule has 24 heavy (non-hydrogen) atoms. The summed E-state index contributed by atoms with van der Waals surface area (Å²) in [4.78, 5) is 0. The molecule has 1 aromatic heterocycles. The van der Waals surface area contributed by atoms with Crippen molar-refractivity contribution in [1.29, 1.82) is 0 Å². The third-order valence-electron chi connectivity index (χ3n) is 4.63. The van der Waals surface area contributed by atoms with Crippen LogP contribution in [0.3, 0.4) is 0 Å². The first kappa shape index (κ1) is 15.4. The van der Waals surface area contributed by atoms with E-state index in [1.165, 1.54) is 18.4 Å². The summed E-state index contributed by atoms with van der Waals surface area (Å²) in [5.74, 6) is 7.21. The Bertz CT molecular complexity index is 813. The largest absolute Gasteiger partial charge is 0.370 e. The van der Waals surface area contributed by atoms with Gasteiger partial charge in [0.25, 0.3) is 0 Å². The molecular weight excluding hydrogens is 298 g/mol. The Morgan fingerprint density at radius 3 is 2.79 bits per heavy atom. The summed E-state index contributed by atoms with van der Waals surface area (Å²) in [5.41, 5.74) is 4.31. The van der Waals surface area contributed by atoms with Crippen LogP contribution in [0.2, 0.25) is 0 Å². The highest BCUT2D eigenvalue weighted by Gasteiger charge is 2.37. The lowest BCUT2D eigenvalue weighted by Gasteiger charge is -2.42. The van der Waals surface area contributed by atoms with Crippen LogP contribution in [0, 0.1) is 24.7 Å². The summed E-state index contributed by atoms with van der Waals surface area (Å²) in [5, 5.41) is 8.58. The maximum atomic E-state index is 5.83. The lowest BCUT2D eigenvalue weighted by molar-refractivity contribution is -0.189. The quantitative estimate of drug-likeness (QED) is 0.811. The molecule has 4 heteroatoms. The van der Waals surface area contributed by atoms with Gasteiger partial charge in [-0.3, -0.25) is 0 Å². The van der Waals surface area contributed by atoms with E-state index in [1.807, 2.05) is 10.9 Å². The standard InChI is InChI=1S/C20H23N3O/c1-14-10-16(7-6-15-4-5-15)8-9-18(14)19-13-23(22-21-19)12-17-11-20(2,3)24-17/h8-10,13,15,17H,4-5,11-12H2,1-3H3/t17-/m1/s1. The molecule has 124 valence electrons. The Kier molecular flexibility index (Phi) is 3.69. The van der Waals surface area contributed by atoms with E-state index in [0.29, 0.717) is 5.92 Å². The number of aromatic nitrogens is 3. The molecule has 0 radical (unpaired) electrons. The zero-order valence-corrected chi connectivity index (χ0v) is 14.5. The zero-order valence-electron chi connectivity index (χ0n) is 14.5. The number of aryl methyl sites for hydroxylation is 1. The third kappa shape index (κ3) is 3.37. The molecule has 0 spiro atoms. The first-order valence-corrected chi connectivity index (χ1v) is 8.69. The Morgan fingerprint density at radius 1 is 1.33 bits per heavy atom. The summed E-state index contributed by atoms with van der Waals surface area (Å²) in [7, 11) is 0. The fourth-order valence-electron chi connectivity index (χ4n) is 3.25. The van der Waals surface area contributed by atoms with Crippen molar-refractivity contribution in [2.24, 2.45) is 5.92 Å². The van der Waals surface area contributed by atoms with Gasteiger partial charge in [-0.2, -0.15) is 0 Å². The van der Waals surface area contributed by atoms with Crippen molar-refractivity contribution in [2.45, 2.75) is 58.3 Å². The summed E-state index contributed by atoms with van der Waals surface area (Å²) in [6.45, 7) is 7.11. The van der Waals surface area contributed by atoms with Gasteiger partial charge < -0.3 is 4.74 Å². The van der Waals surface area contributed by atoms with Crippen LogP contribution in [0.25, 0.3) is 11.3 Å². The van der Waals surface area contributed by atoms with E-state index in [0.717, 1.165) is 29.8 Å². The number of nitrogens with zero attached hydrogens (tertiary/aromatic N) is 3. The minimum atomic E-state index is 0.0159. The topological polar surface area (TPSA) is 39.9 Å². The van der Waals surface area contributed by atoms with Crippen LogP contribution in [0.15, 0.2) is 24.4 Å². The first-order valence-electron chi connectivity index (χ1n) is 8.69. The molecule has 1 aliphatic heterocycles. The summed E-state index contributed by atoms with van der Waals surface area (Å²) < 4.78 is 7.72. The Morgan fingerprint density at radius 2 is 2.12 bits per heavy atom. The lowest BCUT2D eigenvalue weighted by atomic mass is 9.93. The van der Waals surface area contributed by atoms with Crippen LogP contribution >= 0.6 is 0 Å². The van der Waals surface area contributed by atoms with E-state index >= 15 is 0 Å². The van der Waals surface area contributed by atoms with Gasteiger partial charge in [0.15, 0.2) is 0 Å². The van der Waals surface area contributed by atoms with Crippen molar-refractivity contribution in [1.82, 2.24) is 15.0 Å². The van der Waals surface area contributed by atoms with Crippen molar-refractivity contribution in [3.8, 4) is 23.1 Å². The minimum Gasteiger partial charge on any atom is -0.370 e. The molecule has 1 aliphatic carbocycles. The Labute approximate surface area is 143 Å². The molecule has 0 amide bonds. The smallest absolute Gasteiger partial charge is 0.113 e. The molecule has 0 N–H and O–H groups in total. The zero-order chi connectivity index (χ0) is 16.7. The highest BCUT2D eigenvalue weighted by atomic mass is 16.5. The molecule has 1 atom stereocenters. The van der Waals surface area contributed by atoms with Gasteiger partial charge in [0, 0.05) is 23.5 Å². The van der Waals surface area contributed by atoms with Crippen LogP contribution in [0.5, 0.6) is 0 Å². The molecule has 1 aromatic carbocycles. The molecule has 1 saturated heterocycles. The first-order chi connectivity index (χ1) is 11.5. The molecule has 2 heterocycles. The molecule has 2 fully saturated rings. The number of ether oxygens (including phenoxy) is 1. The monoisotopic (exact) mass is 321 g/mol. The van der Waals surface area contributed by atoms with Crippen molar-refractivity contribution >= 4 is 0 Å². The van der Waals surface area contributed by atoms with E-state index in [9.17, 15) is 0 Å². The van der Waals surface area contributed by atoms with Crippen molar-refractivity contribution in [3.63, 3.8) is 0 Å². The molecule has 1 saturated carbocycles. The molecule has 0 bridgehead atoms. The summed E-state index contributed by atoms with van der Waals surface area (Å²) in [6, 6.07) is 6.32. The van der Waals surface area contributed by atoms with Gasteiger partial charge in [-0.05, 0) is 51.3 Å². The average Bonchev–Trinajstić information content (AvgIpc) is 3.22. The van der Waals surface area contributed by atoms with Gasteiger partial charge >= 0.3 is 0 Å². The van der Waals surface area contributed by atoms with Crippen LogP contribution in [-0.2, 0) is 11.3 Å². The minimum absolute atomic E-state index is 0.0159. The maximum Gasteiger partial charge on any atom is 0.113 e. The van der Waals surface area contributed by atoms with E-state index in [2.05, 4.69) is 61.1 Å². The maximum absolute atomic E-state index is 5.83. The van der Waals surface area contributed by atoms with Crippen LogP contribution in [0.1, 0.15) is 44.2 Å². The summed E-state index contributed by atoms with van der Waals surface area (Å²) in [6.07, 6.45) is 5.84. The second-order valence-electron chi connectivity index (χ2n) is 7.60. The fraction of sp³-hybridized carbons (Fsp3) is 0.500. The van der Waals surface area contributed by atoms with Crippen LogP contribution in [0.4, 0.5) is 0 Å². The lowest BCUT2D eigenvalue weighted by Crippen LogP contribution is -2.47. The number of hydrogen-bond acceptors (Lipinski definition) is 3. The normalized spacial score (nSPS) is 21.7. The second-order valence-corrected chi connectivity index (χ2v) is 7.60. The van der Waals surface area contributed by atoms with Crippen LogP contribution < -0.4 is 0 Å². The highest BCUT2D eigenvalue weighted by Crippen LogP contribution is 2.32. The van der Waals surface area contributed by atoms with E-state index in [4.69, 9.17) is 4.74 Å². The average molecular weight is 321 g/mol. The fourth-order valence-corrected chi connectivity index (χ4v) is 3.25. The summed E-state index contributed by atoms with van der Waals surface area (Å²) >= 11 is 0.